The number of aryl methyl sites for hydroxylation is 3. The van der Waals surface area contributed by atoms with Crippen LogP contribution in [0, 0.1) is 26.7 Å². The first-order chi connectivity index (χ1) is 15.6. The summed E-state index contributed by atoms with van der Waals surface area (Å²) in [5.41, 5.74) is 3.20. The lowest BCUT2D eigenvalue weighted by molar-refractivity contribution is -0.120. The Kier molecular flexibility index (Phi) is 6.20. The van der Waals surface area contributed by atoms with Crippen LogP contribution in [0.1, 0.15) is 46.8 Å². The summed E-state index contributed by atoms with van der Waals surface area (Å²) in [4.78, 5) is 25.4. The Hall–Kier alpha value is -2.91. The standard InChI is InChI=1S/C24H28N2O6S/c1-14-9-15(2)23(16(3)10-14)33(29,30)26-7-5-18(6-8-26)24(28)25-20-12-22-21(31-13-32-22)11-19(20)17(4)27/h9-12,18H,5-8,13H2,1-4H3,(H,25,28). The second kappa shape index (κ2) is 8.79. The van der Waals surface area contributed by atoms with Gasteiger partial charge in [0.05, 0.1) is 10.6 Å². The van der Waals surface area contributed by atoms with Crippen LogP contribution < -0.4 is 14.8 Å². The van der Waals surface area contributed by atoms with Crippen LogP contribution in [-0.2, 0) is 14.8 Å². The SMILES string of the molecule is CC(=O)c1cc2c(cc1NC(=O)C1CCN(S(=O)(=O)c3c(C)cc(C)cc3C)CC1)OCO2. The highest BCUT2D eigenvalue weighted by Crippen LogP contribution is 2.38. The van der Waals surface area contributed by atoms with E-state index in [2.05, 4.69) is 5.32 Å². The van der Waals surface area contributed by atoms with Gasteiger partial charge in [0.2, 0.25) is 22.7 Å². The van der Waals surface area contributed by atoms with Crippen molar-refractivity contribution < 1.29 is 27.5 Å². The Bertz CT molecular complexity index is 1210. The molecule has 2 aromatic carbocycles. The van der Waals surface area contributed by atoms with E-state index in [1.54, 1.807) is 12.1 Å². The molecule has 2 aliphatic rings. The monoisotopic (exact) mass is 472 g/mol. The summed E-state index contributed by atoms with van der Waals surface area (Å²) in [5, 5.41) is 2.84. The minimum absolute atomic E-state index is 0.0664. The maximum atomic E-state index is 13.3. The number of nitrogens with zero attached hydrogens (tertiary/aromatic N) is 1. The van der Waals surface area contributed by atoms with E-state index in [4.69, 9.17) is 9.47 Å². The molecule has 0 unspecified atom stereocenters. The van der Waals surface area contributed by atoms with E-state index in [1.807, 2.05) is 32.9 Å². The number of hydrogen-bond acceptors (Lipinski definition) is 6. The average Bonchev–Trinajstić information content (AvgIpc) is 3.19. The van der Waals surface area contributed by atoms with Crippen LogP contribution in [0.4, 0.5) is 5.69 Å². The number of fused-ring (bicyclic) bond motifs is 1. The molecule has 176 valence electrons. The Balaban J connectivity index is 1.47. The number of benzene rings is 2. The van der Waals surface area contributed by atoms with Crippen molar-refractivity contribution in [3.05, 3.63) is 46.5 Å². The van der Waals surface area contributed by atoms with Gasteiger partial charge in [-0.15, -0.1) is 0 Å². The van der Waals surface area contributed by atoms with Gasteiger partial charge in [0.1, 0.15) is 0 Å². The van der Waals surface area contributed by atoms with Crippen LogP contribution in [0.2, 0.25) is 0 Å². The number of rotatable bonds is 5. The Morgan fingerprint density at radius 2 is 1.55 bits per heavy atom. The molecule has 33 heavy (non-hydrogen) atoms. The fourth-order valence-electron chi connectivity index (χ4n) is 4.63. The molecule has 2 heterocycles. The lowest BCUT2D eigenvalue weighted by Gasteiger charge is -2.31. The molecule has 1 amide bonds. The second-order valence-corrected chi connectivity index (χ2v) is 10.6. The number of carbonyl (C=O) groups is 2. The number of ether oxygens (including phenoxy) is 2. The van der Waals surface area contributed by atoms with Crippen LogP contribution in [0.25, 0.3) is 0 Å². The summed E-state index contributed by atoms with van der Waals surface area (Å²) in [6.07, 6.45) is 0.796. The summed E-state index contributed by atoms with van der Waals surface area (Å²) in [6.45, 7) is 7.57. The third kappa shape index (κ3) is 4.47. The summed E-state index contributed by atoms with van der Waals surface area (Å²) in [6, 6.07) is 6.91. The zero-order valence-electron chi connectivity index (χ0n) is 19.2. The first kappa shape index (κ1) is 23.3. The van der Waals surface area contributed by atoms with Crippen LogP contribution >= 0.6 is 0 Å². The van der Waals surface area contributed by atoms with Gasteiger partial charge in [-0.1, -0.05) is 17.7 Å². The first-order valence-corrected chi connectivity index (χ1v) is 12.4. The zero-order valence-corrected chi connectivity index (χ0v) is 20.0. The Labute approximate surface area is 193 Å². The molecule has 0 saturated carbocycles. The van der Waals surface area contributed by atoms with E-state index in [0.717, 1.165) is 16.7 Å². The molecule has 0 aromatic heterocycles. The van der Waals surface area contributed by atoms with Gasteiger partial charge in [0.25, 0.3) is 0 Å². The van der Waals surface area contributed by atoms with E-state index in [-0.39, 0.29) is 37.5 Å². The van der Waals surface area contributed by atoms with Crippen molar-refractivity contribution in [3.8, 4) is 11.5 Å². The summed E-state index contributed by atoms with van der Waals surface area (Å²) < 4.78 is 38.7. The number of hydrogen-bond donors (Lipinski definition) is 1. The number of carbonyl (C=O) groups excluding carboxylic acids is 2. The normalized spacial score (nSPS) is 16.6. The van der Waals surface area contributed by atoms with Crippen molar-refractivity contribution in [2.24, 2.45) is 5.92 Å². The van der Waals surface area contributed by atoms with Crippen molar-refractivity contribution in [3.63, 3.8) is 0 Å². The highest BCUT2D eigenvalue weighted by atomic mass is 32.2. The highest BCUT2D eigenvalue weighted by Gasteiger charge is 2.34. The van der Waals surface area contributed by atoms with Crippen molar-refractivity contribution in [1.29, 1.82) is 0 Å². The molecule has 4 rings (SSSR count). The number of nitrogens with one attached hydrogen (secondary N) is 1. The zero-order chi connectivity index (χ0) is 23.9. The van der Waals surface area contributed by atoms with E-state index in [9.17, 15) is 18.0 Å². The van der Waals surface area contributed by atoms with Gasteiger partial charge >= 0.3 is 0 Å². The predicted molar refractivity (Wildman–Crippen MR) is 123 cm³/mol. The Morgan fingerprint density at radius 1 is 0.970 bits per heavy atom. The van der Waals surface area contributed by atoms with Gasteiger partial charge in [0, 0.05) is 30.6 Å². The van der Waals surface area contributed by atoms with Crippen molar-refractivity contribution in [1.82, 2.24) is 4.31 Å². The first-order valence-electron chi connectivity index (χ1n) is 10.9. The van der Waals surface area contributed by atoms with Gasteiger partial charge in [-0.2, -0.15) is 4.31 Å². The predicted octanol–water partition coefficient (Wildman–Crippen LogP) is 3.58. The average molecular weight is 473 g/mol. The van der Waals surface area contributed by atoms with Gasteiger partial charge in [0.15, 0.2) is 17.3 Å². The molecule has 0 atom stereocenters. The maximum absolute atomic E-state index is 13.3. The van der Waals surface area contributed by atoms with Crippen molar-refractivity contribution in [2.45, 2.75) is 45.4 Å². The van der Waals surface area contributed by atoms with E-state index < -0.39 is 10.0 Å². The lowest BCUT2D eigenvalue weighted by Crippen LogP contribution is -2.41. The number of sulfonamides is 1. The maximum Gasteiger partial charge on any atom is 0.243 e. The molecule has 2 aliphatic heterocycles. The smallest absolute Gasteiger partial charge is 0.243 e. The number of anilines is 1. The second-order valence-electron chi connectivity index (χ2n) is 8.70. The molecule has 2 aromatic rings. The van der Waals surface area contributed by atoms with Gasteiger partial charge < -0.3 is 14.8 Å². The molecular weight excluding hydrogens is 444 g/mol. The Morgan fingerprint density at radius 3 is 2.12 bits per heavy atom. The van der Waals surface area contributed by atoms with Crippen LogP contribution in [-0.4, -0.2) is 44.3 Å². The quantitative estimate of drug-likeness (QED) is 0.668. The summed E-state index contributed by atoms with van der Waals surface area (Å²) in [5.74, 6) is 0.143. The minimum Gasteiger partial charge on any atom is -0.454 e. The fraction of sp³-hybridized carbons (Fsp3) is 0.417. The molecule has 0 aliphatic carbocycles. The molecule has 1 N–H and O–H groups in total. The van der Waals surface area contributed by atoms with Gasteiger partial charge in [-0.25, -0.2) is 8.42 Å². The molecule has 0 radical (unpaired) electrons. The fourth-order valence-corrected chi connectivity index (χ4v) is 6.51. The highest BCUT2D eigenvalue weighted by molar-refractivity contribution is 7.89. The van der Waals surface area contributed by atoms with E-state index >= 15 is 0 Å². The van der Waals surface area contributed by atoms with Crippen LogP contribution in [0.5, 0.6) is 11.5 Å². The van der Waals surface area contributed by atoms with Gasteiger partial charge in [-0.3, -0.25) is 9.59 Å². The molecule has 1 fully saturated rings. The largest absolute Gasteiger partial charge is 0.454 e. The van der Waals surface area contributed by atoms with Crippen molar-refractivity contribution in [2.75, 3.05) is 25.2 Å². The number of ketones is 1. The van der Waals surface area contributed by atoms with Crippen LogP contribution in [0.3, 0.4) is 0 Å². The van der Waals surface area contributed by atoms with E-state index in [0.29, 0.717) is 40.5 Å². The van der Waals surface area contributed by atoms with E-state index in [1.165, 1.54) is 11.2 Å². The molecule has 9 heteroatoms. The third-order valence-corrected chi connectivity index (χ3v) is 8.38. The lowest BCUT2D eigenvalue weighted by atomic mass is 9.96. The third-order valence-electron chi connectivity index (χ3n) is 6.18. The summed E-state index contributed by atoms with van der Waals surface area (Å²) >= 11 is 0. The molecule has 8 nitrogen and oxygen atoms in total. The topological polar surface area (TPSA) is 102 Å². The molecule has 1 saturated heterocycles. The molecular formula is C24H28N2O6S. The summed E-state index contributed by atoms with van der Waals surface area (Å²) in [7, 11) is -3.65. The number of amides is 1. The molecule has 0 bridgehead atoms. The number of piperidine rings is 1. The number of Topliss-reactive ketones (excluding diaryl/α,β-unsaturated/α-hetero) is 1. The molecule has 0 spiro atoms. The van der Waals surface area contributed by atoms with Gasteiger partial charge in [-0.05, 0) is 57.7 Å². The van der Waals surface area contributed by atoms with Crippen LogP contribution in [0.15, 0.2) is 29.2 Å². The minimum atomic E-state index is -3.65. The van der Waals surface area contributed by atoms with Crippen molar-refractivity contribution >= 4 is 27.4 Å².